The fraction of sp³-hybridized carbons (Fsp3) is 1.00. The van der Waals surface area contributed by atoms with E-state index in [1.54, 1.807) is 0 Å². The number of nitrogens with zero attached hydrogens (tertiary/aromatic N) is 1. The lowest BCUT2D eigenvalue weighted by Gasteiger charge is -2.26. The van der Waals surface area contributed by atoms with E-state index in [2.05, 4.69) is 31.1 Å². The Hall–Kier alpha value is -0.0800. The zero-order valence-electron chi connectivity index (χ0n) is 10.1. The van der Waals surface area contributed by atoms with Gasteiger partial charge in [-0.05, 0) is 39.3 Å². The summed E-state index contributed by atoms with van der Waals surface area (Å²) in [6.07, 6.45) is 6.79. The van der Waals surface area contributed by atoms with E-state index < -0.39 is 0 Å². The van der Waals surface area contributed by atoms with Crippen LogP contribution in [0.4, 0.5) is 0 Å². The normalized spacial score (nSPS) is 18.9. The Kier molecular flexibility index (Phi) is 5.49. The summed E-state index contributed by atoms with van der Waals surface area (Å²) in [5.74, 6) is 0. The molecule has 0 aliphatic heterocycles. The van der Waals surface area contributed by atoms with Crippen LogP contribution in [0.15, 0.2) is 0 Å². The van der Waals surface area contributed by atoms with E-state index in [1.807, 2.05) is 0 Å². The first-order chi connectivity index (χ1) is 6.81. The van der Waals surface area contributed by atoms with E-state index >= 15 is 0 Å². The predicted octanol–water partition coefficient (Wildman–Crippen LogP) is 2.25. The first-order valence-electron chi connectivity index (χ1n) is 6.23. The average Bonchev–Trinajstić information content (AvgIpc) is 3.02. The first kappa shape index (κ1) is 12.0. The van der Waals surface area contributed by atoms with E-state index in [0.717, 1.165) is 6.04 Å². The van der Waals surface area contributed by atoms with Crippen molar-refractivity contribution in [2.75, 3.05) is 20.1 Å². The van der Waals surface area contributed by atoms with Crippen LogP contribution in [-0.4, -0.2) is 37.1 Å². The van der Waals surface area contributed by atoms with Crippen LogP contribution in [0.3, 0.4) is 0 Å². The molecule has 0 aromatic rings. The maximum Gasteiger partial charge on any atom is 0.0189 e. The zero-order chi connectivity index (χ0) is 10.4. The standard InChI is InChI=1S/C12H26N2/c1-4-6-9-14(12-7-8-12)10-11(5-2)13-3/h11-13H,4-10H2,1-3H3. The molecule has 2 heteroatoms. The first-order valence-corrected chi connectivity index (χ1v) is 6.23. The van der Waals surface area contributed by atoms with Crippen LogP contribution in [-0.2, 0) is 0 Å². The Labute approximate surface area is 89.1 Å². The lowest BCUT2D eigenvalue weighted by Crippen LogP contribution is -2.40. The van der Waals surface area contributed by atoms with Crippen LogP contribution in [0.5, 0.6) is 0 Å². The highest BCUT2D eigenvalue weighted by molar-refractivity contribution is 4.86. The van der Waals surface area contributed by atoms with Crippen LogP contribution >= 0.6 is 0 Å². The molecule has 1 saturated carbocycles. The summed E-state index contributed by atoms with van der Waals surface area (Å²) in [5, 5.41) is 3.40. The van der Waals surface area contributed by atoms with E-state index in [0.29, 0.717) is 6.04 Å². The lowest BCUT2D eigenvalue weighted by molar-refractivity contribution is 0.230. The molecule has 0 heterocycles. The molecule has 1 fully saturated rings. The third-order valence-corrected chi connectivity index (χ3v) is 3.22. The molecule has 2 nitrogen and oxygen atoms in total. The van der Waals surface area contributed by atoms with Crippen LogP contribution in [0.1, 0.15) is 46.0 Å². The molecule has 0 spiro atoms. The molecule has 1 aliphatic rings. The molecule has 0 saturated heterocycles. The Bertz CT molecular complexity index is 139. The summed E-state index contributed by atoms with van der Waals surface area (Å²) in [7, 11) is 2.08. The zero-order valence-corrected chi connectivity index (χ0v) is 10.1. The van der Waals surface area contributed by atoms with Crippen molar-refractivity contribution in [2.45, 2.75) is 58.0 Å². The van der Waals surface area contributed by atoms with Gasteiger partial charge in [0.15, 0.2) is 0 Å². The smallest absolute Gasteiger partial charge is 0.0189 e. The number of rotatable bonds is 8. The van der Waals surface area contributed by atoms with Crippen molar-refractivity contribution in [2.24, 2.45) is 0 Å². The van der Waals surface area contributed by atoms with Crippen molar-refractivity contribution in [1.82, 2.24) is 10.2 Å². The summed E-state index contributed by atoms with van der Waals surface area (Å²) < 4.78 is 0. The second-order valence-electron chi connectivity index (χ2n) is 4.47. The number of unbranched alkanes of at least 4 members (excludes halogenated alkanes) is 1. The number of nitrogens with one attached hydrogen (secondary N) is 1. The summed E-state index contributed by atoms with van der Waals surface area (Å²) in [6, 6.07) is 1.61. The van der Waals surface area contributed by atoms with E-state index in [9.17, 15) is 0 Å². The summed E-state index contributed by atoms with van der Waals surface area (Å²) in [5.41, 5.74) is 0. The van der Waals surface area contributed by atoms with Crippen molar-refractivity contribution >= 4 is 0 Å². The molecule has 1 aliphatic carbocycles. The fourth-order valence-electron chi connectivity index (χ4n) is 1.93. The average molecular weight is 198 g/mol. The van der Waals surface area contributed by atoms with Crippen LogP contribution in [0.2, 0.25) is 0 Å². The van der Waals surface area contributed by atoms with Crippen LogP contribution in [0, 0.1) is 0 Å². The number of likely N-dealkylation sites (N-methyl/N-ethyl adjacent to an activating group) is 1. The highest BCUT2D eigenvalue weighted by Crippen LogP contribution is 2.27. The van der Waals surface area contributed by atoms with Gasteiger partial charge < -0.3 is 5.32 Å². The van der Waals surface area contributed by atoms with Gasteiger partial charge in [0.05, 0.1) is 0 Å². The molecule has 1 rings (SSSR count). The Morgan fingerprint density at radius 1 is 1.36 bits per heavy atom. The molecular weight excluding hydrogens is 172 g/mol. The van der Waals surface area contributed by atoms with Crippen molar-refractivity contribution in [3.8, 4) is 0 Å². The maximum atomic E-state index is 3.40. The molecule has 1 N–H and O–H groups in total. The largest absolute Gasteiger partial charge is 0.316 e. The highest BCUT2D eigenvalue weighted by atomic mass is 15.2. The third kappa shape index (κ3) is 3.97. The predicted molar refractivity (Wildman–Crippen MR) is 62.6 cm³/mol. The molecule has 0 aromatic carbocycles. The molecule has 1 atom stereocenters. The molecular formula is C12H26N2. The van der Waals surface area contributed by atoms with Crippen molar-refractivity contribution in [1.29, 1.82) is 0 Å². The summed E-state index contributed by atoms with van der Waals surface area (Å²) in [4.78, 5) is 2.69. The van der Waals surface area contributed by atoms with E-state index in [-0.39, 0.29) is 0 Å². The summed E-state index contributed by atoms with van der Waals surface area (Å²) >= 11 is 0. The molecule has 0 bridgehead atoms. The number of hydrogen-bond acceptors (Lipinski definition) is 2. The molecule has 0 aromatic heterocycles. The Morgan fingerprint density at radius 3 is 2.50 bits per heavy atom. The lowest BCUT2D eigenvalue weighted by atomic mass is 10.2. The van der Waals surface area contributed by atoms with Crippen molar-refractivity contribution < 1.29 is 0 Å². The molecule has 14 heavy (non-hydrogen) atoms. The van der Waals surface area contributed by atoms with Crippen molar-refractivity contribution in [3.05, 3.63) is 0 Å². The van der Waals surface area contributed by atoms with E-state index in [1.165, 1.54) is 45.2 Å². The van der Waals surface area contributed by atoms with Gasteiger partial charge in [-0.1, -0.05) is 20.3 Å². The quantitative estimate of drug-likeness (QED) is 0.643. The van der Waals surface area contributed by atoms with Crippen LogP contribution in [0.25, 0.3) is 0 Å². The third-order valence-electron chi connectivity index (χ3n) is 3.22. The second-order valence-corrected chi connectivity index (χ2v) is 4.47. The van der Waals surface area contributed by atoms with E-state index in [4.69, 9.17) is 0 Å². The van der Waals surface area contributed by atoms with Gasteiger partial charge in [-0.3, -0.25) is 4.90 Å². The van der Waals surface area contributed by atoms with Gasteiger partial charge in [-0.25, -0.2) is 0 Å². The van der Waals surface area contributed by atoms with Gasteiger partial charge in [0.1, 0.15) is 0 Å². The monoisotopic (exact) mass is 198 g/mol. The Balaban J connectivity index is 2.26. The minimum absolute atomic E-state index is 0.687. The SMILES string of the molecule is CCCCN(CC(CC)NC)C1CC1. The molecule has 84 valence electrons. The van der Waals surface area contributed by atoms with Gasteiger partial charge in [-0.2, -0.15) is 0 Å². The second kappa shape index (κ2) is 6.41. The van der Waals surface area contributed by atoms with Crippen LogP contribution < -0.4 is 5.32 Å². The summed E-state index contributed by atoms with van der Waals surface area (Å²) in [6.45, 7) is 7.10. The molecule has 0 amide bonds. The maximum absolute atomic E-state index is 3.40. The Morgan fingerprint density at radius 2 is 2.07 bits per heavy atom. The number of hydrogen-bond donors (Lipinski definition) is 1. The van der Waals surface area contributed by atoms with Gasteiger partial charge in [-0.15, -0.1) is 0 Å². The highest BCUT2D eigenvalue weighted by Gasteiger charge is 2.29. The molecule has 1 unspecified atom stereocenters. The van der Waals surface area contributed by atoms with Crippen molar-refractivity contribution in [3.63, 3.8) is 0 Å². The van der Waals surface area contributed by atoms with Gasteiger partial charge in [0, 0.05) is 18.6 Å². The van der Waals surface area contributed by atoms with Gasteiger partial charge in [0.2, 0.25) is 0 Å². The topological polar surface area (TPSA) is 15.3 Å². The minimum Gasteiger partial charge on any atom is -0.316 e. The minimum atomic E-state index is 0.687. The van der Waals surface area contributed by atoms with Gasteiger partial charge >= 0.3 is 0 Å². The fourth-order valence-corrected chi connectivity index (χ4v) is 1.93. The van der Waals surface area contributed by atoms with Gasteiger partial charge in [0.25, 0.3) is 0 Å². The molecule has 0 radical (unpaired) electrons.